The van der Waals surface area contributed by atoms with Gasteiger partial charge in [-0.25, -0.2) is 4.79 Å². The molecule has 0 aromatic carbocycles. The van der Waals surface area contributed by atoms with Crippen LogP contribution in [0.5, 0.6) is 0 Å². The predicted octanol–water partition coefficient (Wildman–Crippen LogP) is 1.30. The number of carbonyl (C=O) groups is 1. The Balaban J connectivity index is 2.54. The highest BCUT2D eigenvalue weighted by Crippen LogP contribution is 2.24. The molecule has 0 spiro atoms. The van der Waals surface area contributed by atoms with E-state index in [1.54, 1.807) is 0 Å². The second-order valence-corrected chi connectivity index (χ2v) is 2.34. The number of ether oxygens (including phenoxy) is 3. The van der Waals surface area contributed by atoms with E-state index >= 15 is 0 Å². The number of carbonyl (C=O) groups excluding carboxylic acids is 1. The molecule has 0 N–H and O–H groups in total. The molecule has 0 aliphatic carbocycles. The molecule has 4 heteroatoms. The van der Waals surface area contributed by atoms with Gasteiger partial charge in [0.2, 0.25) is 0 Å². The van der Waals surface area contributed by atoms with Crippen LogP contribution in [0.25, 0.3) is 0 Å². The van der Waals surface area contributed by atoms with Gasteiger partial charge in [-0.2, -0.15) is 0 Å². The largest absolute Gasteiger partial charge is 0.511 e. The van der Waals surface area contributed by atoms with E-state index in [1.165, 1.54) is 0 Å². The van der Waals surface area contributed by atoms with E-state index in [1.807, 2.05) is 13.8 Å². The molecule has 0 aromatic heterocycles. The number of hydrogen-bond acceptors (Lipinski definition) is 4. The van der Waals surface area contributed by atoms with Crippen molar-refractivity contribution >= 4 is 6.16 Å². The molecule has 1 rings (SSSR count). The summed E-state index contributed by atoms with van der Waals surface area (Å²) in [5.74, 6) is -0.814. The third-order valence-electron chi connectivity index (χ3n) is 1.63. The molecular weight excluding hydrogens is 148 g/mol. The molecule has 1 saturated heterocycles. The standard InChI is InChI=1S/C7H12O4/c1-3-7(10-4-2)5-9-6(8)11-7/h3-5H2,1-2H3. The summed E-state index contributed by atoms with van der Waals surface area (Å²) in [7, 11) is 0. The molecule has 0 aromatic rings. The SMILES string of the molecule is CCOC1(CC)COC(=O)O1. The minimum Gasteiger partial charge on any atom is -0.427 e. The van der Waals surface area contributed by atoms with Crippen LogP contribution in [-0.2, 0) is 14.2 Å². The van der Waals surface area contributed by atoms with Gasteiger partial charge in [0.1, 0.15) is 0 Å². The van der Waals surface area contributed by atoms with Gasteiger partial charge < -0.3 is 14.2 Å². The molecule has 0 saturated carbocycles. The smallest absolute Gasteiger partial charge is 0.427 e. The molecule has 0 amide bonds. The Kier molecular flexibility index (Phi) is 2.34. The van der Waals surface area contributed by atoms with Crippen molar-refractivity contribution in [3.05, 3.63) is 0 Å². The summed E-state index contributed by atoms with van der Waals surface area (Å²) in [4.78, 5) is 10.6. The minimum atomic E-state index is -0.814. The average molecular weight is 160 g/mol. The van der Waals surface area contributed by atoms with Crippen LogP contribution in [-0.4, -0.2) is 25.2 Å². The van der Waals surface area contributed by atoms with Gasteiger partial charge in [0, 0.05) is 13.0 Å². The summed E-state index contributed by atoms with van der Waals surface area (Å²) in [5.41, 5.74) is 0. The lowest BCUT2D eigenvalue weighted by Gasteiger charge is -2.22. The van der Waals surface area contributed by atoms with Crippen molar-refractivity contribution in [2.75, 3.05) is 13.2 Å². The van der Waals surface area contributed by atoms with Crippen LogP contribution >= 0.6 is 0 Å². The number of hydrogen-bond donors (Lipinski definition) is 0. The van der Waals surface area contributed by atoms with Crippen molar-refractivity contribution in [2.45, 2.75) is 26.1 Å². The Hall–Kier alpha value is -0.770. The van der Waals surface area contributed by atoms with Gasteiger partial charge in [-0.05, 0) is 6.92 Å². The van der Waals surface area contributed by atoms with Crippen LogP contribution in [0.2, 0.25) is 0 Å². The molecular formula is C7H12O4. The summed E-state index contributed by atoms with van der Waals surface area (Å²) >= 11 is 0. The molecule has 1 aliphatic rings. The number of rotatable bonds is 3. The van der Waals surface area contributed by atoms with Crippen LogP contribution in [0.3, 0.4) is 0 Å². The van der Waals surface area contributed by atoms with Crippen molar-refractivity contribution in [2.24, 2.45) is 0 Å². The maximum atomic E-state index is 10.6. The van der Waals surface area contributed by atoms with Gasteiger partial charge in [-0.15, -0.1) is 0 Å². The molecule has 0 bridgehead atoms. The monoisotopic (exact) mass is 160 g/mol. The van der Waals surface area contributed by atoms with Crippen LogP contribution in [0.15, 0.2) is 0 Å². The fourth-order valence-corrected chi connectivity index (χ4v) is 0.990. The first-order valence-electron chi connectivity index (χ1n) is 3.72. The lowest BCUT2D eigenvalue weighted by atomic mass is 10.2. The first-order valence-corrected chi connectivity index (χ1v) is 3.72. The molecule has 1 fully saturated rings. The zero-order valence-corrected chi connectivity index (χ0v) is 6.75. The molecule has 11 heavy (non-hydrogen) atoms. The van der Waals surface area contributed by atoms with Crippen LogP contribution in [0, 0.1) is 0 Å². The van der Waals surface area contributed by atoms with Gasteiger partial charge >= 0.3 is 6.16 Å². The predicted molar refractivity (Wildman–Crippen MR) is 37.1 cm³/mol. The Morgan fingerprint density at radius 3 is 2.73 bits per heavy atom. The second kappa shape index (κ2) is 3.09. The third-order valence-corrected chi connectivity index (χ3v) is 1.63. The van der Waals surface area contributed by atoms with Crippen molar-refractivity contribution in [1.29, 1.82) is 0 Å². The molecule has 1 unspecified atom stereocenters. The molecule has 1 aliphatic heterocycles. The topological polar surface area (TPSA) is 44.8 Å². The lowest BCUT2D eigenvalue weighted by molar-refractivity contribution is -0.177. The van der Waals surface area contributed by atoms with Gasteiger partial charge in [-0.3, -0.25) is 0 Å². The molecule has 0 radical (unpaired) electrons. The van der Waals surface area contributed by atoms with Crippen molar-refractivity contribution < 1.29 is 19.0 Å². The first-order chi connectivity index (χ1) is 5.22. The first kappa shape index (κ1) is 8.33. The van der Waals surface area contributed by atoms with E-state index in [0.717, 1.165) is 0 Å². The van der Waals surface area contributed by atoms with Gasteiger partial charge in [0.05, 0.1) is 0 Å². The Morgan fingerprint density at radius 2 is 2.36 bits per heavy atom. The highest BCUT2D eigenvalue weighted by atomic mass is 16.8. The van der Waals surface area contributed by atoms with Crippen molar-refractivity contribution in [3.63, 3.8) is 0 Å². The van der Waals surface area contributed by atoms with Gasteiger partial charge in [0.25, 0.3) is 5.79 Å². The summed E-state index contributed by atoms with van der Waals surface area (Å²) in [6.07, 6.45) is -0.0210. The van der Waals surface area contributed by atoms with Crippen LogP contribution in [0.1, 0.15) is 20.3 Å². The normalized spacial score (nSPS) is 29.8. The summed E-state index contributed by atoms with van der Waals surface area (Å²) in [6, 6.07) is 0. The molecule has 1 atom stereocenters. The zero-order valence-electron chi connectivity index (χ0n) is 6.75. The van der Waals surface area contributed by atoms with E-state index in [4.69, 9.17) is 9.47 Å². The van der Waals surface area contributed by atoms with Crippen LogP contribution in [0.4, 0.5) is 4.79 Å². The zero-order chi connectivity index (χ0) is 8.32. The average Bonchev–Trinajstić information content (AvgIpc) is 2.34. The fourth-order valence-electron chi connectivity index (χ4n) is 0.990. The molecule has 1 heterocycles. The van der Waals surface area contributed by atoms with Crippen molar-refractivity contribution in [3.8, 4) is 0 Å². The number of cyclic esters (lactones) is 2. The summed E-state index contributed by atoms with van der Waals surface area (Å²) < 4.78 is 14.7. The van der Waals surface area contributed by atoms with Crippen molar-refractivity contribution in [1.82, 2.24) is 0 Å². The fraction of sp³-hybridized carbons (Fsp3) is 0.857. The third kappa shape index (κ3) is 1.63. The Bertz CT molecular complexity index is 157. The maximum absolute atomic E-state index is 10.6. The lowest BCUT2D eigenvalue weighted by Crippen LogP contribution is -2.34. The molecule has 64 valence electrons. The summed E-state index contributed by atoms with van der Waals surface area (Å²) in [6.45, 7) is 4.46. The van der Waals surface area contributed by atoms with E-state index in [9.17, 15) is 4.79 Å². The van der Waals surface area contributed by atoms with E-state index in [2.05, 4.69) is 4.74 Å². The van der Waals surface area contributed by atoms with Crippen LogP contribution < -0.4 is 0 Å². The minimum absolute atomic E-state index is 0.205. The molecule has 4 nitrogen and oxygen atoms in total. The Labute approximate surface area is 65.4 Å². The van der Waals surface area contributed by atoms with E-state index < -0.39 is 11.9 Å². The van der Waals surface area contributed by atoms with Gasteiger partial charge in [0.15, 0.2) is 6.61 Å². The highest BCUT2D eigenvalue weighted by Gasteiger charge is 2.41. The maximum Gasteiger partial charge on any atom is 0.511 e. The second-order valence-electron chi connectivity index (χ2n) is 2.34. The van der Waals surface area contributed by atoms with E-state index in [-0.39, 0.29) is 6.61 Å². The highest BCUT2D eigenvalue weighted by molar-refractivity contribution is 5.62. The Morgan fingerprint density at radius 1 is 1.64 bits per heavy atom. The van der Waals surface area contributed by atoms with E-state index in [0.29, 0.717) is 13.0 Å². The summed E-state index contributed by atoms with van der Waals surface area (Å²) in [5, 5.41) is 0. The quantitative estimate of drug-likeness (QED) is 0.583. The van der Waals surface area contributed by atoms with Gasteiger partial charge in [-0.1, -0.05) is 6.92 Å².